The fourth-order valence-electron chi connectivity index (χ4n) is 4.26. The highest BCUT2D eigenvalue weighted by Gasteiger charge is 2.30. The van der Waals surface area contributed by atoms with Crippen molar-refractivity contribution < 1.29 is 38.9 Å². The third-order valence-electron chi connectivity index (χ3n) is 6.44. The van der Waals surface area contributed by atoms with E-state index in [1.807, 2.05) is 0 Å². The van der Waals surface area contributed by atoms with Gasteiger partial charge >= 0.3 is 17.9 Å². The van der Waals surface area contributed by atoms with Gasteiger partial charge in [0, 0.05) is 17.8 Å². The van der Waals surface area contributed by atoms with Crippen LogP contribution in [-0.2, 0) is 20.9 Å². The van der Waals surface area contributed by atoms with Gasteiger partial charge in [0.05, 0.1) is 11.3 Å². The number of nitrogens with one attached hydrogen (secondary N) is 1. The van der Waals surface area contributed by atoms with E-state index in [0.717, 1.165) is 0 Å². The molecule has 1 aliphatic rings. The van der Waals surface area contributed by atoms with Crippen LogP contribution in [0.5, 0.6) is 11.5 Å². The molecule has 3 aromatic rings. The number of aliphatic carboxylic acids is 2. The van der Waals surface area contributed by atoms with E-state index in [4.69, 9.17) is 20.9 Å². The first-order valence-corrected chi connectivity index (χ1v) is 13.3. The summed E-state index contributed by atoms with van der Waals surface area (Å²) >= 11 is 0. The number of hydrogen-bond donors (Lipinski definition) is 5. The number of ether oxygens (including phenoxy) is 2. The summed E-state index contributed by atoms with van der Waals surface area (Å²) in [5, 5.41) is 21.9. The van der Waals surface area contributed by atoms with E-state index < -0.39 is 42.0 Å². The van der Waals surface area contributed by atoms with Gasteiger partial charge in [0.25, 0.3) is 0 Å². The lowest BCUT2D eigenvalue weighted by atomic mass is 10.0. The molecule has 0 aliphatic carbocycles. The summed E-state index contributed by atoms with van der Waals surface area (Å²) in [7, 11) is 0. The molecule has 0 radical (unpaired) electrons. The topological polar surface area (TPSA) is 207 Å². The first-order valence-electron chi connectivity index (χ1n) is 13.3. The van der Waals surface area contributed by atoms with Crippen LogP contribution >= 0.6 is 0 Å². The third-order valence-corrected chi connectivity index (χ3v) is 6.44. The SMILES string of the molecule is CC(C)(Oc1cccc(CN(CC(=O)O)C(=O)C2C=Cc3cc(OC(=O)c4ccc(N=C(N)N)cc4)ccc3N2)c1)C(=O)O. The Bertz CT molecular complexity index is 1640. The number of carboxylic acids is 2. The Hall–Kier alpha value is -5.85. The number of rotatable bonds is 11. The average Bonchev–Trinajstić information content (AvgIpc) is 2.96. The molecule has 1 heterocycles. The minimum Gasteiger partial charge on any atom is -0.480 e. The molecule has 1 amide bonds. The second-order valence-corrected chi connectivity index (χ2v) is 10.4. The smallest absolute Gasteiger partial charge is 0.347 e. The molecule has 0 fully saturated rings. The van der Waals surface area contributed by atoms with E-state index >= 15 is 0 Å². The highest BCUT2D eigenvalue weighted by molar-refractivity contribution is 5.94. The maximum Gasteiger partial charge on any atom is 0.347 e. The second-order valence-electron chi connectivity index (χ2n) is 10.4. The number of guanidine groups is 1. The van der Waals surface area contributed by atoms with Crippen LogP contribution in [0, 0.1) is 0 Å². The Kier molecular flexibility index (Phi) is 9.17. The van der Waals surface area contributed by atoms with E-state index in [9.17, 15) is 29.4 Å². The maximum atomic E-state index is 13.5. The molecule has 0 saturated heterocycles. The molecule has 4 rings (SSSR count). The highest BCUT2D eigenvalue weighted by Crippen LogP contribution is 2.29. The summed E-state index contributed by atoms with van der Waals surface area (Å²) in [4.78, 5) is 54.2. The lowest BCUT2D eigenvalue weighted by molar-refractivity contribution is -0.152. The molecule has 0 spiro atoms. The summed E-state index contributed by atoms with van der Waals surface area (Å²) < 4.78 is 11.1. The lowest BCUT2D eigenvalue weighted by Gasteiger charge is -2.28. The number of anilines is 1. The molecule has 44 heavy (non-hydrogen) atoms. The number of hydrogen-bond acceptors (Lipinski definition) is 8. The normalized spacial score (nSPS) is 13.5. The number of fused-ring (bicyclic) bond motifs is 1. The first kappa shape index (κ1) is 31.1. The van der Waals surface area contributed by atoms with Crippen LogP contribution < -0.4 is 26.3 Å². The third kappa shape index (κ3) is 7.91. The fourth-order valence-corrected chi connectivity index (χ4v) is 4.26. The van der Waals surface area contributed by atoms with Gasteiger partial charge in [-0.25, -0.2) is 14.6 Å². The van der Waals surface area contributed by atoms with Crippen molar-refractivity contribution in [3.8, 4) is 11.5 Å². The van der Waals surface area contributed by atoms with Gasteiger partial charge in [-0.05, 0) is 74.0 Å². The quantitative estimate of drug-likeness (QED) is 0.0934. The highest BCUT2D eigenvalue weighted by atomic mass is 16.5. The molecular weight excluding hydrogens is 570 g/mol. The molecule has 13 heteroatoms. The molecule has 228 valence electrons. The van der Waals surface area contributed by atoms with Crippen molar-refractivity contribution in [2.75, 3.05) is 11.9 Å². The number of aliphatic imine (C=N–C) groups is 1. The molecule has 7 N–H and O–H groups in total. The van der Waals surface area contributed by atoms with Crippen LogP contribution in [0.1, 0.15) is 35.3 Å². The predicted octanol–water partition coefficient (Wildman–Crippen LogP) is 2.97. The van der Waals surface area contributed by atoms with Gasteiger partial charge in [-0.1, -0.05) is 24.3 Å². The largest absolute Gasteiger partial charge is 0.480 e. The standard InChI is InChI=1S/C31H31N5O8/c1-31(2,29(41)42)44-23-5-3-4-18(14-23)16-36(17-26(37)38)27(39)25-12-8-20-15-22(11-13-24(20)35-25)43-28(40)19-6-9-21(10-7-19)34-30(32)33/h3-15,25,35H,16-17H2,1-2H3,(H,37,38)(H,41,42)(H4,32,33,34). The number of nitrogens with two attached hydrogens (primary N) is 2. The lowest BCUT2D eigenvalue weighted by Crippen LogP contribution is -2.44. The fraction of sp³-hybridized carbons (Fsp3) is 0.194. The molecular formula is C31H31N5O8. The van der Waals surface area contributed by atoms with Crippen molar-refractivity contribution >= 4 is 47.2 Å². The van der Waals surface area contributed by atoms with Crippen molar-refractivity contribution in [2.45, 2.75) is 32.0 Å². The van der Waals surface area contributed by atoms with E-state index in [0.29, 0.717) is 22.5 Å². The summed E-state index contributed by atoms with van der Waals surface area (Å²) in [6.45, 7) is 2.19. The Morgan fingerprint density at radius 3 is 2.36 bits per heavy atom. The van der Waals surface area contributed by atoms with E-state index in [-0.39, 0.29) is 29.6 Å². The van der Waals surface area contributed by atoms with Gasteiger partial charge in [0.1, 0.15) is 24.1 Å². The van der Waals surface area contributed by atoms with Gasteiger partial charge in [0.15, 0.2) is 11.6 Å². The van der Waals surface area contributed by atoms with Crippen LogP contribution in [0.25, 0.3) is 6.08 Å². The van der Waals surface area contributed by atoms with Crippen LogP contribution in [0.2, 0.25) is 0 Å². The number of esters is 1. The molecule has 0 bridgehead atoms. The number of benzene rings is 3. The number of nitrogens with zero attached hydrogens (tertiary/aromatic N) is 2. The average molecular weight is 602 g/mol. The monoisotopic (exact) mass is 601 g/mol. The number of carbonyl (C=O) groups excluding carboxylic acids is 2. The molecule has 3 aromatic carbocycles. The van der Waals surface area contributed by atoms with Crippen LogP contribution in [-0.4, -0.2) is 63.1 Å². The Labute approximate surface area is 252 Å². The maximum absolute atomic E-state index is 13.5. The number of carboxylic acid groups (broad SMARTS) is 2. The van der Waals surface area contributed by atoms with Crippen LogP contribution in [0.4, 0.5) is 11.4 Å². The van der Waals surface area contributed by atoms with E-state index in [1.54, 1.807) is 66.7 Å². The Morgan fingerprint density at radius 2 is 1.70 bits per heavy atom. The number of amides is 1. The van der Waals surface area contributed by atoms with Crippen molar-refractivity contribution in [3.05, 3.63) is 89.5 Å². The second kappa shape index (κ2) is 13.0. The molecule has 1 unspecified atom stereocenters. The molecule has 0 aromatic heterocycles. The van der Waals surface area contributed by atoms with Crippen LogP contribution in [0.15, 0.2) is 77.8 Å². The van der Waals surface area contributed by atoms with Crippen LogP contribution in [0.3, 0.4) is 0 Å². The number of carbonyl (C=O) groups is 4. The predicted molar refractivity (Wildman–Crippen MR) is 162 cm³/mol. The summed E-state index contributed by atoms with van der Waals surface area (Å²) in [5.74, 6) is -3.00. The van der Waals surface area contributed by atoms with Gasteiger partial charge in [-0.15, -0.1) is 0 Å². The Balaban J connectivity index is 1.44. The minimum atomic E-state index is -1.49. The first-order chi connectivity index (χ1) is 20.8. The van der Waals surface area contributed by atoms with Crippen molar-refractivity contribution in [3.63, 3.8) is 0 Å². The van der Waals surface area contributed by atoms with Crippen molar-refractivity contribution in [1.82, 2.24) is 4.90 Å². The summed E-state index contributed by atoms with van der Waals surface area (Å²) in [5.41, 5.74) is 11.8. The zero-order valence-corrected chi connectivity index (χ0v) is 23.9. The van der Waals surface area contributed by atoms with Gasteiger partial charge in [-0.2, -0.15) is 0 Å². The molecule has 13 nitrogen and oxygen atoms in total. The summed E-state index contributed by atoms with van der Waals surface area (Å²) in [6.07, 6.45) is 3.26. The molecule has 0 saturated carbocycles. The zero-order chi connectivity index (χ0) is 32.0. The van der Waals surface area contributed by atoms with Gasteiger partial charge in [-0.3, -0.25) is 9.59 Å². The van der Waals surface area contributed by atoms with Crippen molar-refractivity contribution in [2.24, 2.45) is 16.5 Å². The van der Waals surface area contributed by atoms with E-state index in [2.05, 4.69) is 10.3 Å². The van der Waals surface area contributed by atoms with Crippen molar-refractivity contribution in [1.29, 1.82) is 0 Å². The molecule has 1 atom stereocenters. The van der Waals surface area contributed by atoms with Gasteiger partial charge < -0.3 is 41.4 Å². The van der Waals surface area contributed by atoms with Gasteiger partial charge in [0.2, 0.25) is 5.91 Å². The van der Waals surface area contributed by atoms with E-state index in [1.165, 1.54) is 30.9 Å². The summed E-state index contributed by atoms with van der Waals surface area (Å²) in [6, 6.07) is 16.6. The zero-order valence-electron chi connectivity index (χ0n) is 23.9. The Morgan fingerprint density at radius 1 is 0.977 bits per heavy atom. The molecule has 1 aliphatic heterocycles. The minimum absolute atomic E-state index is 0.0590.